The molecule has 0 saturated carbocycles. The van der Waals surface area contributed by atoms with Crippen LogP contribution in [0.15, 0.2) is 0 Å². The van der Waals surface area contributed by atoms with Crippen molar-refractivity contribution < 1.29 is 4.79 Å². The smallest absolute Gasteiger partial charge is 0.233 e. The Morgan fingerprint density at radius 2 is 1.67 bits per heavy atom. The van der Waals surface area contributed by atoms with Crippen LogP contribution < -0.4 is 0 Å². The highest BCUT2D eigenvalue weighted by Gasteiger charge is 2.21. The van der Waals surface area contributed by atoms with E-state index in [0.717, 1.165) is 56.4 Å². The third-order valence-electron chi connectivity index (χ3n) is 3.54. The standard InChI is InChI=1S/C12H21N3OS2/c1-13-6-8-15(9-7-13)12(17)18-10-11(16)14-4-2-3-5-14/h2-10H2,1H3. The average Bonchev–Trinajstić information content (AvgIpc) is 2.90. The first-order valence-corrected chi connectivity index (χ1v) is 7.94. The lowest BCUT2D eigenvalue weighted by Gasteiger charge is -2.33. The van der Waals surface area contributed by atoms with E-state index < -0.39 is 0 Å². The van der Waals surface area contributed by atoms with Gasteiger partial charge in [0.05, 0.1) is 5.75 Å². The van der Waals surface area contributed by atoms with Gasteiger partial charge in [0.15, 0.2) is 0 Å². The number of thiocarbonyl (C=S) groups is 1. The fourth-order valence-electron chi connectivity index (χ4n) is 2.26. The van der Waals surface area contributed by atoms with E-state index in [-0.39, 0.29) is 5.91 Å². The van der Waals surface area contributed by atoms with Gasteiger partial charge in [0.25, 0.3) is 0 Å². The van der Waals surface area contributed by atoms with Gasteiger partial charge < -0.3 is 14.7 Å². The van der Waals surface area contributed by atoms with Gasteiger partial charge in [0.1, 0.15) is 4.32 Å². The average molecular weight is 287 g/mol. The van der Waals surface area contributed by atoms with Gasteiger partial charge in [0.2, 0.25) is 5.91 Å². The predicted molar refractivity (Wildman–Crippen MR) is 79.9 cm³/mol. The molecule has 0 radical (unpaired) electrons. The molecule has 0 aromatic heterocycles. The molecule has 0 atom stereocenters. The lowest BCUT2D eigenvalue weighted by molar-refractivity contribution is -0.127. The number of rotatable bonds is 2. The summed E-state index contributed by atoms with van der Waals surface area (Å²) in [6, 6.07) is 0. The molecule has 0 aliphatic carbocycles. The lowest BCUT2D eigenvalue weighted by Crippen LogP contribution is -2.46. The van der Waals surface area contributed by atoms with Gasteiger partial charge in [-0.3, -0.25) is 4.79 Å². The Hall–Kier alpha value is -0.330. The molecule has 2 heterocycles. The number of piperazine rings is 1. The van der Waals surface area contributed by atoms with Crippen molar-refractivity contribution in [1.82, 2.24) is 14.7 Å². The molecule has 0 bridgehead atoms. The first-order chi connectivity index (χ1) is 8.66. The van der Waals surface area contributed by atoms with Gasteiger partial charge in [0, 0.05) is 39.3 Å². The summed E-state index contributed by atoms with van der Waals surface area (Å²) in [6.07, 6.45) is 2.30. The third kappa shape index (κ3) is 3.83. The van der Waals surface area contributed by atoms with E-state index >= 15 is 0 Å². The number of likely N-dealkylation sites (tertiary alicyclic amines) is 1. The Morgan fingerprint density at radius 3 is 2.28 bits per heavy atom. The van der Waals surface area contributed by atoms with Crippen molar-refractivity contribution in [3.63, 3.8) is 0 Å². The van der Waals surface area contributed by atoms with Crippen LogP contribution in [-0.2, 0) is 4.79 Å². The highest BCUT2D eigenvalue weighted by Crippen LogP contribution is 2.15. The van der Waals surface area contributed by atoms with E-state index in [1.165, 1.54) is 11.8 Å². The second kappa shape index (κ2) is 6.73. The van der Waals surface area contributed by atoms with Gasteiger partial charge in [-0.1, -0.05) is 24.0 Å². The zero-order valence-corrected chi connectivity index (χ0v) is 12.6. The largest absolute Gasteiger partial charge is 0.355 e. The quantitative estimate of drug-likeness (QED) is 0.703. The van der Waals surface area contributed by atoms with E-state index in [4.69, 9.17) is 12.2 Å². The van der Waals surface area contributed by atoms with Crippen LogP contribution in [0, 0.1) is 0 Å². The minimum atomic E-state index is 0.244. The van der Waals surface area contributed by atoms with E-state index in [1.54, 1.807) is 0 Å². The Morgan fingerprint density at radius 1 is 1.06 bits per heavy atom. The van der Waals surface area contributed by atoms with E-state index in [2.05, 4.69) is 16.8 Å². The molecular weight excluding hydrogens is 266 g/mol. The third-order valence-corrected chi connectivity index (χ3v) is 5.05. The number of hydrogen-bond acceptors (Lipinski definition) is 4. The van der Waals surface area contributed by atoms with Crippen molar-refractivity contribution in [2.45, 2.75) is 12.8 Å². The zero-order chi connectivity index (χ0) is 13.0. The second-order valence-corrected chi connectivity index (χ2v) is 6.54. The first-order valence-electron chi connectivity index (χ1n) is 6.55. The van der Waals surface area contributed by atoms with Crippen molar-refractivity contribution in [2.75, 3.05) is 52.1 Å². The normalized spacial score (nSPS) is 21.4. The van der Waals surface area contributed by atoms with Crippen molar-refractivity contribution in [3.05, 3.63) is 0 Å². The van der Waals surface area contributed by atoms with Crippen LogP contribution in [0.2, 0.25) is 0 Å². The minimum Gasteiger partial charge on any atom is -0.355 e. The molecule has 2 aliphatic rings. The SMILES string of the molecule is CN1CCN(C(=S)SCC(=O)N2CCCC2)CC1. The molecule has 18 heavy (non-hydrogen) atoms. The highest BCUT2D eigenvalue weighted by atomic mass is 32.2. The van der Waals surface area contributed by atoms with Crippen molar-refractivity contribution in [1.29, 1.82) is 0 Å². The van der Waals surface area contributed by atoms with Crippen LogP contribution in [0.3, 0.4) is 0 Å². The van der Waals surface area contributed by atoms with E-state index in [1.807, 2.05) is 4.90 Å². The number of carbonyl (C=O) groups excluding carboxylic acids is 1. The monoisotopic (exact) mass is 287 g/mol. The topological polar surface area (TPSA) is 26.8 Å². The molecule has 2 aliphatic heterocycles. The maximum absolute atomic E-state index is 11.9. The molecule has 0 N–H and O–H groups in total. The van der Waals surface area contributed by atoms with Crippen molar-refractivity contribution >= 4 is 34.2 Å². The maximum Gasteiger partial charge on any atom is 0.233 e. The van der Waals surface area contributed by atoms with Crippen LogP contribution in [0.1, 0.15) is 12.8 Å². The zero-order valence-electron chi connectivity index (χ0n) is 10.9. The molecule has 4 nitrogen and oxygen atoms in total. The molecule has 2 saturated heterocycles. The van der Waals surface area contributed by atoms with Gasteiger partial charge >= 0.3 is 0 Å². The molecule has 0 aromatic rings. The Balaban J connectivity index is 1.69. The molecule has 0 spiro atoms. The summed E-state index contributed by atoms with van der Waals surface area (Å²) >= 11 is 6.93. The molecule has 2 fully saturated rings. The maximum atomic E-state index is 11.9. The number of amides is 1. The van der Waals surface area contributed by atoms with Crippen LogP contribution in [-0.4, -0.2) is 77.0 Å². The molecule has 0 unspecified atom stereocenters. The van der Waals surface area contributed by atoms with Crippen LogP contribution in [0.5, 0.6) is 0 Å². The Kier molecular flexibility index (Phi) is 5.26. The molecule has 2 rings (SSSR count). The summed E-state index contributed by atoms with van der Waals surface area (Å²) in [7, 11) is 2.13. The summed E-state index contributed by atoms with van der Waals surface area (Å²) in [4.78, 5) is 18.4. The summed E-state index contributed by atoms with van der Waals surface area (Å²) < 4.78 is 0.885. The number of carbonyl (C=O) groups is 1. The van der Waals surface area contributed by atoms with Crippen molar-refractivity contribution in [2.24, 2.45) is 0 Å². The fraction of sp³-hybridized carbons (Fsp3) is 0.833. The Labute approximate surface area is 119 Å². The highest BCUT2D eigenvalue weighted by molar-refractivity contribution is 8.23. The van der Waals surface area contributed by atoms with Gasteiger partial charge in [-0.15, -0.1) is 0 Å². The van der Waals surface area contributed by atoms with Gasteiger partial charge in [-0.2, -0.15) is 0 Å². The number of thioether (sulfide) groups is 1. The molecule has 1 amide bonds. The van der Waals surface area contributed by atoms with E-state index in [9.17, 15) is 4.79 Å². The summed E-state index contributed by atoms with van der Waals surface area (Å²) in [5.41, 5.74) is 0. The Bertz CT molecular complexity index is 310. The van der Waals surface area contributed by atoms with Crippen molar-refractivity contribution in [3.8, 4) is 0 Å². The fourth-order valence-corrected chi connectivity index (χ4v) is 3.42. The van der Waals surface area contributed by atoms with Gasteiger partial charge in [-0.05, 0) is 19.9 Å². The first kappa shape index (κ1) is 14.1. The van der Waals surface area contributed by atoms with Crippen LogP contribution >= 0.6 is 24.0 Å². The lowest BCUT2D eigenvalue weighted by atomic mass is 10.4. The number of nitrogens with zero attached hydrogens (tertiary/aromatic N) is 3. The summed E-state index contributed by atoms with van der Waals surface area (Å²) in [5, 5.41) is 0. The predicted octanol–water partition coefficient (Wildman–Crippen LogP) is 0.874. The molecule has 6 heteroatoms. The number of likely N-dealkylation sites (N-methyl/N-ethyl adjacent to an activating group) is 1. The molecule has 102 valence electrons. The van der Waals surface area contributed by atoms with Crippen LogP contribution in [0.4, 0.5) is 0 Å². The minimum absolute atomic E-state index is 0.244. The molecular formula is C12H21N3OS2. The molecule has 0 aromatic carbocycles. The van der Waals surface area contributed by atoms with E-state index in [0.29, 0.717) is 5.75 Å². The summed E-state index contributed by atoms with van der Waals surface area (Å²) in [6.45, 7) is 5.95. The van der Waals surface area contributed by atoms with Gasteiger partial charge in [-0.25, -0.2) is 0 Å². The number of hydrogen-bond donors (Lipinski definition) is 0. The van der Waals surface area contributed by atoms with Crippen LogP contribution in [0.25, 0.3) is 0 Å². The second-order valence-electron chi connectivity index (χ2n) is 4.93. The summed E-state index contributed by atoms with van der Waals surface area (Å²) in [5.74, 6) is 0.750.